The van der Waals surface area contributed by atoms with Gasteiger partial charge in [-0.1, -0.05) is 33.6 Å². The van der Waals surface area contributed by atoms with Crippen LogP contribution in [0, 0.1) is 0 Å². The molecule has 0 fully saturated rings. The van der Waals surface area contributed by atoms with Crippen molar-refractivity contribution >= 4 is 11.6 Å². The Bertz CT molecular complexity index is 526. The quantitative estimate of drug-likeness (QED) is 0.774. The SMILES string of the molecule is CCCC[C@H](C(=O)Nc1ccc2c(c1)CCCCO2)N(CC)CC. The number of rotatable bonds is 8. The summed E-state index contributed by atoms with van der Waals surface area (Å²) in [5, 5.41) is 3.13. The first-order valence-corrected chi connectivity index (χ1v) is 9.50. The van der Waals surface area contributed by atoms with E-state index >= 15 is 0 Å². The molecule has 1 atom stereocenters. The van der Waals surface area contributed by atoms with Gasteiger partial charge in [0.1, 0.15) is 5.75 Å². The summed E-state index contributed by atoms with van der Waals surface area (Å²) in [5.41, 5.74) is 2.09. The monoisotopic (exact) mass is 332 g/mol. The van der Waals surface area contributed by atoms with Crippen molar-refractivity contribution in [3.63, 3.8) is 0 Å². The van der Waals surface area contributed by atoms with Crippen LogP contribution in [0.1, 0.15) is 58.4 Å². The summed E-state index contributed by atoms with van der Waals surface area (Å²) in [7, 11) is 0. The highest BCUT2D eigenvalue weighted by Gasteiger charge is 2.23. The molecule has 0 aliphatic carbocycles. The van der Waals surface area contributed by atoms with Crippen molar-refractivity contribution in [3.05, 3.63) is 23.8 Å². The lowest BCUT2D eigenvalue weighted by Gasteiger charge is -2.28. The van der Waals surface area contributed by atoms with E-state index in [1.165, 1.54) is 5.56 Å². The van der Waals surface area contributed by atoms with Gasteiger partial charge in [0.05, 0.1) is 12.6 Å². The van der Waals surface area contributed by atoms with Crippen LogP contribution in [0.15, 0.2) is 18.2 Å². The molecular formula is C20H32N2O2. The second-order valence-corrected chi connectivity index (χ2v) is 6.50. The lowest BCUT2D eigenvalue weighted by molar-refractivity contribution is -0.121. The Labute approximate surface area is 146 Å². The molecule has 1 aliphatic heterocycles. The number of nitrogens with one attached hydrogen (secondary N) is 1. The molecule has 0 radical (unpaired) electrons. The number of hydrogen-bond donors (Lipinski definition) is 1. The van der Waals surface area contributed by atoms with Crippen molar-refractivity contribution in [2.45, 2.75) is 65.3 Å². The number of benzene rings is 1. The first-order valence-electron chi connectivity index (χ1n) is 9.50. The molecule has 1 aliphatic rings. The van der Waals surface area contributed by atoms with Gasteiger partial charge in [0, 0.05) is 5.69 Å². The maximum Gasteiger partial charge on any atom is 0.241 e. The van der Waals surface area contributed by atoms with Gasteiger partial charge in [-0.3, -0.25) is 9.69 Å². The van der Waals surface area contributed by atoms with Gasteiger partial charge in [-0.25, -0.2) is 0 Å². The van der Waals surface area contributed by atoms with Gasteiger partial charge in [-0.2, -0.15) is 0 Å². The molecule has 134 valence electrons. The number of amides is 1. The normalized spacial score (nSPS) is 15.3. The van der Waals surface area contributed by atoms with E-state index in [-0.39, 0.29) is 11.9 Å². The van der Waals surface area contributed by atoms with Crippen molar-refractivity contribution in [1.29, 1.82) is 0 Å². The van der Waals surface area contributed by atoms with E-state index in [0.717, 1.165) is 69.7 Å². The third kappa shape index (κ3) is 4.97. The average Bonchev–Trinajstić information content (AvgIpc) is 2.83. The second-order valence-electron chi connectivity index (χ2n) is 6.50. The third-order valence-electron chi connectivity index (χ3n) is 4.81. The molecule has 4 nitrogen and oxygen atoms in total. The summed E-state index contributed by atoms with van der Waals surface area (Å²) in [6, 6.07) is 5.99. The van der Waals surface area contributed by atoms with Gasteiger partial charge in [-0.15, -0.1) is 0 Å². The van der Waals surface area contributed by atoms with Crippen molar-refractivity contribution < 1.29 is 9.53 Å². The Balaban J connectivity index is 2.09. The Morgan fingerprint density at radius 3 is 2.75 bits per heavy atom. The number of nitrogens with zero attached hydrogens (tertiary/aromatic N) is 1. The lowest BCUT2D eigenvalue weighted by atomic mass is 10.1. The molecule has 1 N–H and O–H groups in total. The van der Waals surface area contributed by atoms with E-state index in [9.17, 15) is 4.79 Å². The molecule has 4 heteroatoms. The van der Waals surface area contributed by atoms with Crippen LogP contribution in [0.2, 0.25) is 0 Å². The Morgan fingerprint density at radius 1 is 1.25 bits per heavy atom. The van der Waals surface area contributed by atoms with Crippen LogP contribution in [-0.4, -0.2) is 36.5 Å². The lowest BCUT2D eigenvalue weighted by Crippen LogP contribution is -2.44. The maximum atomic E-state index is 12.8. The maximum absolute atomic E-state index is 12.8. The Kier molecular flexibility index (Phi) is 7.57. The predicted molar refractivity (Wildman–Crippen MR) is 99.7 cm³/mol. The number of ether oxygens (including phenoxy) is 1. The minimum atomic E-state index is -0.0463. The summed E-state index contributed by atoms with van der Waals surface area (Å²) in [6.45, 7) is 9.00. The number of likely N-dealkylation sites (N-methyl/N-ethyl adjacent to an activating group) is 1. The minimum Gasteiger partial charge on any atom is -0.493 e. The molecule has 0 aromatic heterocycles. The van der Waals surface area contributed by atoms with Gasteiger partial charge in [0.25, 0.3) is 0 Å². The van der Waals surface area contributed by atoms with Crippen LogP contribution in [0.5, 0.6) is 5.75 Å². The molecule has 1 aromatic rings. The van der Waals surface area contributed by atoms with Crippen LogP contribution in [0.4, 0.5) is 5.69 Å². The molecule has 24 heavy (non-hydrogen) atoms. The topological polar surface area (TPSA) is 41.6 Å². The molecule has 1 amide bonds. The van der Waals surface area contributed by atoms with E-state index in [1.807, 2.05) is 12.1 Å². The molecule has 0 bridgehead atoms. The molecule has 0 saturated carbocycles. The van der Waals surface area contributed by atoms with Crippen LogP contribution in [-0.2, 0) is 11.2 Å². The van der Waals surface area contributed by atoms with Crippen LogP contribution < -0.4 is 10.1 Å². The Hall–Kier alpha value is -1.55. The van der Waals surface area contributed by atoms with Gasteiger partial charge >= 0.3 is 0 Å². The number of carbonyl (C=O) groups excluding carboxylic acids is 1. The highest BCUT2D eigenvalue weighted by Crippen LogP contribution is 2.27. The van der Waals surface area contributed by atoms with E-state index in [0.29, 0.717) is 0 Å². The van der Waals surface area contributed by atoms with E-state index in [2.05, 4.69) is 37.1 Å². The minimum absolute atomic E-state index is 0.0463. The summed E-state index contributed by atoms with van der Waals surface area (Å²) >= 11 is 0. The second kappa shape index (κ2) is 9.67. The summed E-state index contributed by atoms with van der Waals surface area (Å²) in [6.07, 6.45) is 6.36. The third-order valence-corrected chi connectivity index (χ3v) is 4.81. The number of aryl methyl sites for hydroxylation is 1. The highest BCUT2D eigenvalue weighted by molar-refractivity contribution is 5.95. The molecule has 2 rings (SSSR count). The number of carbonyl (C=O) groups is 1. The Morgan fingerprint density at radius 2 is 2.04 bits per heavy atom. The van der Waals surface area contributed by atoms with Gasteiger partial charge in [0.2, 0.25) is 5.91 Å². The number of fused-ring (bicyclic) bond motifs is 1. The fraction of sp³-hybridized carbons (Fsp3) is 0.650. The van der Waals surface area contributed by atoms with Crippen LogP contribution in [0.25, 0.3) is 0 Å². The largest absolute Gasteiger partial charge is 0.493 e. The van der Waals surface area contributed by atoms with Crippen molar-refractivity contribution in [2.24, 2.45) is 0 Å². The van der Waals surface area contributed by atoms with E-state index < -0.39 is 0 Å². The zero-order chi connectivity index (χ0) is 17.4. The van der Waals surface area contributed by atoms with Gasteiger partial charge in [0.15, 0.2) is 0 Å². The summed E-state index contributed by atoms with van der Waals surface area (Å²) < 4.78 is 5.76. The molecular weight excluding hydrogens is 300 g/mol. The zero-order valence-corrected chi connectivity index (χ0v) is 15.4. The number of hydrogen-bond acceptors (Lipinski definition) is 3. The molecule has 0 spiro atoms. The number of unbranched alkanes of at least 4 members (excludes halogenated alkanes) is 1. The number of anilines is 1. The fourth-order valence-electron chi connectivity index (χ4n) is 3.36. The molecule has 1 heterocycles. The standard InChI is InChI=1S/C20H32N2O2/c1-4-7-11-18(22(5-2)6-3)20(23)21-17-12-13-19-16(15-17)10-8-9-14-24-19/h12-13,15,18H,4-11,14H2,1-3H3,(H,21,23)/t18-/m1/s1. The van der Waals surface area contributed by atoms with Crippen LogP contribution in [0.3, 0.4) is 0 Å². The highest BCUT2D eigenvalue weighted by atomic mass is 16.5. The first-order chi connectivity index (χ1) is 11.7. The van der Waals surface area contributed by atoms with Crippen molar-refractivity contribution in [3.8, 4) is 5.75 Å². The smallest absolute Gasteiger partial charge is 0.241 e. The van der Waals surface area contributed by atoms with Gasteiger partial charge < -0.3 is 10.1 Å². The predicted octanol–water partition coefficient (Wildman–Crippen LogP) is 4.24. The van der Waals surface area contributed by atoms with Crippen LogP contribution >= 0.6 is 0 Å². The van der Waals surface area contributed by atoms with E-state index in [4.69, 9.17) is 4.74 Å². The summed E-state index contributed by atoms with van der Waals surface area (Å²) in [4.78, 5) is 15.1. The molecule has 0 unspecified atom stereocenters. The molecule has 1 aromatic carbocycles. The van der Waals surface area contributed by atoms with E-state index in [1.54, 1.807) is 0 Å². The van der Waals surface area contributed by atoms with Crippen molar-refractivity contribution in [1.82, 2.24) is 4.90 Å². The summed E-state index contributed by atoms with van der Waals surface area (Å²) in [5.74, 6) is 1.08. The average molecular weight is 332 g/mol. The fourth-order valence-corrected chi connectivity index (χ4v) is 3.36. The zero-order valence-electron chi connectivity index (χ0n) is 15.4. The first kappa shape index (κ1) is 18.8. The van der Waals surface area contributed by atoms with Crippen molar-refractivity contribution in [2.75, 3.05) is 25.0 Å². The molecule has 0 saturated heterocycles. The van der Waals surface area contributed by atoms with Gasteiger partial charge in [-0.05, 0) is 62.5 Å².